The second kappa shape index (κ2) is 11.0. The fourth-order valence-corrected chi connectivity index (χ4v) is 5.64. The Hall–Kier alpha value is -4.01. The van der Waals surface area contributed by atoms with Crippen LogP contribution in [0.15, 0.2) is 93.9 Å². The minimum Gasteiger partial charge on any atom is -0.490 e. The number of amides is 1. The summed E-state index contributed by atoms with van der Waals surface area (Å²) in [5, 5.41) is 3.40. The monoisotopic (exact) mass is 561 g/mol. The van der Waals surface area contributed by atoms with E-state index in [1.165, 1.54) is 28.0 Å². The molecule has 2 heterocycles. The number of carbonyl (C=O) groups is 1. The number of halogens is 2. The molecule has 0 bridgehead atoms. The van der Waals surface area contributed by atoms with Gasteiger partial charge in [0.05, 0.1) is 27.9 Å². The van der Waals surface area contributed by atoms with Gasteiger partial charge in [-0.05, 0) is 74.9 Å². The van der Waals surface area contributed by atoms with Gasteiger partial charge in [0, 0.05) is 16.3 Å². The number of hydrogen-bond donors (Lipinski definition) is 1. The summed E-state index contributed by atoms with van der Waals surface area (Å²) in [6, 6.07) is 19.2. The number of hydrogen-bond acceptors (Lipinski definition) is 5. The van der Waals surface area contributed by atoms with Crippen LogP contribution in [0.1, 0.15) is 37.9 Å². The molecule has 1 atom stereocenters. The average molecular weight is 562 g/mol. The van der Waals surface area contributed by atoms with Gasteiger partial charge in [-0.2, -0.15) is 0 Å². The number of fused-ring (bicyclic) bond motifs is 1. The van der Waals surface area contributed by atoms with Crippen LogP contribution in [0.4, 0.5) is 10.1 Å². The summed E-state index contributed by atoms with van der Waals surface area (Å²) in [5.41, 5.74) is 2.28. The molecule has 1 aliphatic rings. The molecule has 1 aliphatic heterocycles. The van der Waals surface area contributed by atoms with Gasteiger partial charge in [0.25, 0.3) is 11.5 Å². The molecule has 5 rings (SSSR count). The van der Waals surface area contributed by atoms with Crippen molar-refractivity contribution in [1.82, 2.24) is 4.57 Å². The zero-order valence-electron chi connectivity index (χ0n) is 21.4. The number of ether oxygens (including phenoxy) is 1. The van der Waals surface area contributed by atoms with Crippen LogP contribution in [0, 0.1) is 5.82 Å². The van der Waals surface area contributed by atoms with Crippen LogP contribution in [-0.2, 0) is 4.79 Å². The standard InChI is InChI=1S/C30H25ClFN3O3S/c1-17(2)38-24-14-11-21(31)15-20(24)16-25-29(37)35-27(19-9-12-22(32)13-10-19)26(18(3)33-30(35)39-25)28(36)34-23-7-5-4-6-8-23/h4-17,27H,1-3H3,(H,34,36)/b25-16+/t27-/m0/s1. The summed E-state index contributed by atoms with van der Waals surface area (Å²) in [6.45, 7) is 5.57. The molecule has 4 aromatic rings. The number of aromatic nitrogens is 1. The van der Waals surface area contributed by atoms with Crippen molar-refractivity contribution >= 4 is 40.6 Å². The fraction of sp³-hybridized carbons (Fsp3) is 0.167. The van der Waals surface area contributed by atoms with Gasteiger partial charge in [-0.25, -0.2) is 9.38 Å². The number of rotatable bonds is 6. The Morgan fingerprint density at radius 1 is 1.13 bits per heavy atom. The van der Waals surface area contributed by atoms with Gasteiger partial charge >= 0.3 is 0 Å². The van der Waals surface area contributed by atoms with Crippen LogP contribution in [0.5, 0.6) is 5.75 Å². The number of anilines is 1. The van der Waals surface area contributed by atoms with Crippen molar-refractivity contribution < 1.29 is 13.9 Å². The van der Waals surface area contributed by atoms with E-state index in [1.807, 2.05) is 32.0 Å². The van der Waals surface area contributed by atoms with Crippen LogP contribution in [0.3, 0.4) is 0 Å². The van der Waals surface area contributed by atoms with Crippen molar-refractivity contribution in [2.45, 2.75) is 32.9 Å². The summed E-state index contributed by atoms with van der Waals surface area (Å²) in [5.74, 6) is -0.219. The number of nitrogens with zero attached hydrogens (tertiary/aromatic N) is 2. The van der Waals surface area contributed by atoms with Gasteiger partial charge < -0.3 is 10.1 Å². The van der Waals surface area contributed by atoms with Crippen molar-refractivity contribution in [3.63, 3.8) is 0 Å². The Labute approximate surface area is 233 Å². The highest BCUT2D eigenvalue weighted by atomic mass is 35.5. The molecule has 1 aromatic heterocycles. The predicted molar refractivity (Wildman–Crippen MR) is 152 cm³/mol. The molecule has 6 nitrogen and oxygen atoms in total. The third-order valence-corrected chi connectivity index (χ3v) is 7.32. The molecular weight excluding hydrogens is 537 g/mol. The fourth-order valence-electron chi connectivity index (χ4n) is 4.43. The van der Waals surface area contributed by atoms with E-state index in [9.17, 15) is 14.0 Å². The molecule has 1 amide bonds. The van der Waals surface area contributed by atoms with Gasteiger partial charge in [-0.1, -0.05) is 53.3 Å². The maximum Gasteiger partial charge on any atom is 0.271 e. The molecule has 0 unspecified atom stereocenters. The first kappa shape index (κ1) is 26.6. The normalized spacial score (nSPS) is 15.2. The van der Waals surface area contributed by atoms with E-state index in [4.69, 9.17) is 16.3 Å². The SMILES string of the molecule is CC1=C(C(=O)Nc2ccccc2)[C@H](c2ccc(F)cc2)n2c(s/c(=C/c3cc(Cl)ccc3OC(C)C)c2=O)=N1. The Kier molecular flexibility index (Phi) is 7.50. The van der Waals surface area contributed by atoms with Gasteiger partial charge in [-0.15, -0.1) is 0 Å². The van der Waals surface area contributed by atoms with Crippen molar-refractivity contribution in [2.24, 2.45) is 4.99 Å². The topological polar surface area (TPSA) is 72.7 Å². The van der Waals surface area contributed by atoms with Crippen molar-refractivity contribution in [1.29, 1.82) is 0 Å². The van der Waals surface area contributed by atoms with E-state index in [0.29, 0.717) is 48.2 Å². The lowest BCUT2D eigenvalue weighted by Gasteiger charge is -2.25. The molecule has 9 heteroatoms. The maximum atomic E-state index is 13.9. The highest BCUT2D eigenvalue weighted by molar-refractivity contribution is 7.07. The Balaban J connectivity index is 1.68. The van der Waals surface area contributed by atoms with Crippen LogP contribution in [0.25, 0.3) is 6.08 Å². The molecule has 1 N–H and O–H groups in total. The minimum atomic E-state index is -0.807. The van der Waals surface area contributed by atoms with Gasteiger partial charge in [0.15, 0.2) is 4.80 Å². The van der Waals surface area contributed by atoms with Crippen molar-refractivity contribution in [3.05, 3.63) is 126 Å². The summed E-state index contributed by atoms with van der Waals surface area (Å²) >= 11 is 7.46. The number of nitrogens with one attached hydrogen (secondary N) is 1. The molecule has 0 fully saturated rings. The van der Waals surface area contributed by atoms with E-state index < -0.39 is 17.8 Å². The van der Waals surface area contributed by atoms with E-state index in [1.54, 1.807) is 55.5 Å². The van der Waals surface area contributed by atoms with Crippen LogP contribution in [-0.4, -0.2) is 16.6 Å². The molecular formula is C30H25ClFN3O3S. The number of allylic oxidation sites excluding steroid dienone is 1. The number of carbonyl (C=O) groups excluding carboxylic acids is 1. The van der Waals surface area contributed by atoms with Gasteiger partial charge in [0.2, 0.25) is 0 Å². The molecule has 0 spiro atoms. The third-order valence-electron chi connectivity index (χ3n) is 6.10. The lowest BCUT2D eigenvalue weighted by atomic mass is 9.95. The van der Waals surface area contributed by atoms with Crippen LogP contribution >= 0.6 is 22.9 Å². The summed E-state index contributed by atoms with van der Waals surface area (Å²) in [4.78, 5) is 32.6. The number of benzene rings is 3. The molecule has 0 saturated heterocycles. The minimum absolute atomic E-state index is 0.0774. The first-order chi connectivity index (χ1) is 18.7. The highest BCUT2D eigenvalue weighted by Crippen LogP contribution is 2.31. The highest BCUT2D eigenvalue weighted by Gasteiger charge is 2.32. The smallest absolute Gasteiger partial charge is 0.271 e. The lowest BCUT2D eigenvalue weighted by molar-refractivity contribution is -0.113. The molecule has 198 valence electrons. The molecule has 0 radical (unpaired) electrons. The zero-order valence-corrected chi connectivity index (χ0v) is 23.0. The van der Waals surface area contributed by atoms with E-state index >= 15 is 0 Å². The Bertz CT molecular complexity index is 1760. The summed E-state index contributed by atoms with van der Waals surface area (Å²) < 4.78 is 21.7. The maximum absolute atomic E-state index is 13.9. The molecule has 0 aliphatic carbocycles. The lowest BCUT2D eigenvalue weighted by Crippen LogP contribution is -2.40. The van der Waals surface area contributed by atoms with Crippen molar-refractivity contribution in [3.8, 4) is 5.75 Å². The third kappa shape index (κ3) is 5.57. The summed E-state index contributed by atoms with van der Waals surface area (Å²) in [6.07, 6.45) is 1.64. The van der Waals surface area contributed by atoms with Crippen LogP contribution in [0.2, 0.25) is 5.02 Å². The van der Waals surface area contributed by atoms with Gasteiger partial charge in [0.1, 0.15) is 11.6 Å². The van der Waals surface area contributed by atoms with Crippen molar-refractivity contribution in [2.75, 3.05) is 5.32 Å². The largest absolute Gasteiger partial charge is 0.490 e. The molecule has 3 aromatic carbocycles. The van der Waals surface area contributed by atoms with E-state index in [2.05, 4.69) is 10.3 Å². The quantitative estimate of drug-likeness (QED) is 0.340. The molecule has 39 heavy (non-hydrogen) atoms. The average Bonchev–Trinajstić information content (AvgIpc) is 3.20. The zero-order chi connectivity index (χ0) is 27.7. The Morgan fingerprint density at radius 2 is 1.85 bits per heavy atom. The number of thiazole rings is 1. The van der Waals surface area contributed by atoms with Crippen LogP contribution < -0.4 is 24.9 Å². The second-order valence-electron chi connectivity index (χ2n) is 9.30. The predicted octanol–water partition coefficient (Wildman–Crippen LogP) is 5.45. The second-order valence-corrected chi connectivity index (χ2v) is 10.7. The Morgan fingerprint density at radius 3 is 2.54 bits per heavy atom. The number of para-hydroxylation sites is 1. The van der Waals surface area contributed by atoms with Gasteiger partial charge in [-0.3, -0.25) is 14.2 Å². The first-order valence-electron chi connectivity index (χ1n) is 12.3. The van der Waals surface area contributed by atoms with E-state index in [0.717, 1.165) is 0 Å². The first-order valence-corrected chi connectivity index (χ1v) is 13.5. The molecule has 0 saturated carbocycles. The summed E-state index contributed by atoms with van der Waals surface area (Å²) in [7, 11) is 0. The van der Waals surface area contributed by atoms with E-state index in [-0.39, 0.29) is 11.7 Å².